The largest absolute Gasteiger partial charge is 0.491 e. The quantitative estimate of drug-likeness (QED) is 0.770. The molecule has 0 aliphatic rings. The Labute approximate surface area is 148 Å². The zero-order chi connectivity index (χ0) is 18.4. The van der Waals surface area contributed by atoms with Crippen LogP contribution in [0.1, 0.15) is 43.2 Å². The van der Waals surface area contributed by atoms with Crippen LogP contribution in [0.2, 0.25) is 0 Å². The number of amides is 1. The first-order chi connectivity index (χ1) is 11.8. The van der Waals surface area contributed by atoms with Crippen molar-refractivity contribution in [1.29, 1.82) is 0 Å². The fourth-order valence-electron chi connectivity index (χ4n) is 2.60. The highest BCUT2D eigenvalue weighted by Gasteiger charge is 2.11. The molecule has 1 heterocycles. The van der Waals surface area contributed by atoms with Gasteiger partial charge in [0, 0.05) is 26.2 Å². The van der Waals surface area contributed by atoms with Gasteiger partial charge in [0.15, 0.2) is 0 Å². The summed E-state index contributed by atoms with van der Waals surface area (Å²) in [4.78, 5) is 12.0. The highest BCUT2D eigenvalue weighted by atomic mass is 16.5. The first-order valence-electron chi connectivity index (χ1n) is 8.55. The molecule has 0 radical (unpaired) electrons. The standard InChI is InChI=1S/C19H27N3O3/c1-13(2)25-17-8-5-15(6-9-17)18(23)11-20-19(24)10-7-16-12-22(4)21-14(16)3/h5-6,8-9,12-13,18,23H,7,10-11H2,1-4H3,(H,20,24). The van der Waals surface area contributed by atoms with Crippen molar-refractivity contribution >= 4 is 5.91 Å². The Balaban J connectivity index is 1.77. The van der Waals surface area contributed by atoms with Gasteiger partial charge >= 0.3 is 0 Å². The van der Waals surface area contributed by atoms with Gasteiger partial charge in [-0.25, -0.2) is 0 Å². The van der Waals surface area contributed by atoms with Crippen LogP contribution in [-0.2, 0) is 18.3 Å². The highest BCUT2D eigenvalue weighted by molar-refractivity contribution is 5.76. The lowest BCUT2D eigenvalue weighted by atomic mass is 10.1. The number of aliphatic hydroxyl groups excluding tert-OH is 1. The molecule has 1 unspecified atom stereocenters. The Kier molecular flexibility index (Phi) is 6.58. The fourth-order valence-corrected chi connectivity index (χ4v) is 2.60. The number of hydrogen-bond acceptors (Lipinski definition) is 4. The molecule has 2 N–H and O–H groups in total. The lowest BCUT2D eigenvalue weighted by molar-refractivity contribution is -0.121. The number of ether oxygens (including phenoxy) is 1. The molecule has 0 aliphatic carbocycles. The first-order valence-corrected chi connectivity index (χ1v) is 8.55. The number of aryl methyl sites for hydroxylation is 3. The number of benzene rings is 1. The second-order valence-corrected chi connectivity index (χ2v) is 6.47. The van der Waals surface area contributed by atoms with Gasteiger partial charge in [0.05, 0.1) is 17.9 Å². The van der Waals surface area contributed by atoms with E-state index in [1.165, 1.54) is 0 Å². The molecular formula is C19H27N3O3. The number of nitrogens with one attached hydrogen (secondary N) is 1. The molecule has 0 spiro atoms. The Hall–Kier alpha value is -2.34. The van der Waals surface area contributed by atoms with Crippen LogP contribution in [0.4, 0.5) is 0 Å². The molecule has 0 aliphatic heterocycles. The third-order valence-corrected chi connectivity index (χ3v) is 3.87. The van der Waals surface area contributed by atoms with Gasteiger partial charge in [-0.2, -0.15) is 5.10 Å². The normalized spacial score (nSPS) is 12.2. The van der Waals surface area contributed by atoms with Gasteiger partial charge in [-0.15, -0.1) is 0 Å². The summed E-state index contributed by atoms with van der Waals surface area (Å²) in [6, 6.07) is 7.28. The summed E-state index contributed by atoms with van der Waals surface area (Å²) in [6.07, 6.45) is 2.32. The van der Waals surface area contributed by atoms with E-state index in [0.29, 0.717) is 12.8 Å². The maximum absolute atomic E-state index is 12.0. The highest BCUT2D eigenvalue weighted by Crippen LogP contribution is 2.18. The molecule has 2 rings (SSSR count). The van der Waals surface area contributed by atoms with E-state index in [0.717, 1.165) is 22.6 Å². The monoisotopic (exact) mass is 345 g/mol. The van der Waals surface area contributed by atoms with E-state index in [-0.39, 0.29) is 18.6 Å². The molecule has 1 amide bonds. The molecule has 1 aromatic carbocycles. The summed E-state index contributed by atoms with van der Waals surface area (Å²) in [5, 5.41) is 17.2. The van der Waals surface area contributed by atoms with Crippen molar-refractivity contribution in [2.24, 2.45) is 7.05 Å². The maximum atomic E-state index is 12.0. The minimum Gasteiger partial charge on any atom is -0.491 e. The molecule has 1 aromatic heterocycles. The van der Waals surface area contributed by atoms with E-state index in [1.54, 1.807) is 4.68 Å². The van der Waals surface area contributed by atoms with Crippen molar-refractivity contribution in [2.45, 2.75) is 45.8 Å². The van der Waals surface area contributed by atoms with Gasteiger partial charge in [0.2, 0.25) is 5.91 Å². The lowest BCUT2D eigenvalue weighted by Gasteiger charge is -2.14. The van der Waals surface area contributed by atoms with Crippen molar-refractivity contribution < 1.29 is 14.6 Å². The lowest BCUT2D eigenvalue weighted by Crippen LogP contribution is -2.28. The summed E-state index contributed by atoms with van der Waals surface area (Å²) in [7, 11) is 1.87. The van der Waals surface area contributed by atoms with Gasteiger partial charge in [0.25, 0.3) is 0 Å². The van der Waals surface area contributed by atoms with E-state index in [1.807, 2.05) is 58.3 Å². The Morgan fingerprint density at radius 3 is 2.56 bits per heavy atom. The SMILES string of the molecule is Cc1nn(C)cc1CCC(=O)NCC(O)c1ccc(OC(C)C)cc1. The molecule has 1 atom stereocenters. The van der Waals surface area contributed by atoms with Crippen LogP contribution in [-0.4, -0.2) is 33.4 Å². The van der Waals surface area contributed by atoms with Gasteiger partial charge in [-0.1, -0.05) is 12.1 Å². The zero-order valence-corrected chi connectivity index (χ0v) is 15.3. The third kappa shape index (κ3) is 5.90. The molecule has 6 heteroatoms. The second-order valence-electron chi connectivity index (χ2n) is 6.47. The third-order valence-electron chi connectivity index (χ3n) is 3.87. The summed E-state index contributed by atoms with van der Waals surface area (Å²) < 4.78 is 7.32. The van der Waals surface area contributed by atoms with Crippen LogP contribution in [0.25, 0.3) is 0 Å². The predicted molar refractivity (Wildman–Crippen MR) is 96.4 cm³/mol. The van der Waals surface area contributed by atoms with E-state index >= 15 is 0 Å². The van der Waals surface area contributed by atoms with Gasteiger partial charge in [0.1, 0.15) is 5.75 Å². The number of hydrogen-bond donors (Lipinski definition) is 2. The molecule has 0 bridgehead atoms. The van der Waals surface area contributed by atoms with E-state index in [9.17, 15) is 9.90 Å². The Morgan fingerprint density at radius 2 is 2.00 bits per heavy atom. The van der Waals surface area contributed by atoms with Crippen molar-refractivity contribution in [3.05, 3.63) is 47.3 Å². The molecular weight excluding hydrogens is 318 g/mol. The summed E-state index contributed by atoms with van der Waals surface area (Å²) in [5.41, 5.74) is 2.76. The second kappa shape index (κ2) is 8.67. The number of carbonyl (C=O) groups is 1. The van der Waals surface area contributed by atoms with Crippen molar-refractivity contribution in [3.63, 3.8) is 0 Å². The first kappa shape index (κ1) is 19.0. The molecule has 0 saturated heterocycles. The van der Waals surface area contributed by atoms with Crippen LogP contribution in [0.5, 0.6) is 5.75 Å². The number of aromatic nitrogens is 2. The Bertz CT molecular complexity index is 692. The predicted octanol–water partition coefficient (Wildman–Crippen LogP) is 2.30. The zero-order valence-electron chi connectivity index (χ0n) is 15.3. The van der Waals surface area contributed by atoms with Crippen LogP contribution in [0.3, 0.4) is 0 Å². The van der Waals surface area contributed by atoms with Gasteiger partial charge in [-0.3, -0.25) is 9.48 Å². The Morgan fingerprint density at radius 1 is 1.32 bits per heavy atom. The summed E-state index contributed by atoms with van der Waals surface area (Å²) in [6.45, 7) is 6.05. The van der Waals surface area contributed by atoms with Crippen molar-refractivity contribution in [3.8, 4) is 5.75 Å². The molecule has 0 saturated carbocycles. The van der Waals surface area contributed by atoms with Crippen LogP contribution < -0.4 is 10.1 Å². The van der Waals surface area contributed by atoms with Crippen LogP contribution >= 0.6 is 0 Å². The van der Waals surface area contributed by atoms with Crippen molar-refractivity contribution in [2.75, 3.05) is 6.54 Å². The van der Waals surface area contributed by atoms with E-state index in [4.69, 9.17) is 4.74 Å². The van der Waals surface area contributed by atoms with Crippen LogP contribution in [0, 0.1) is 6.92 Å². The smallest absolute Gasteiger partial charge is 0.220 e. The molecule has 0 fully saturated rings. The maximum Gasteiger partial charge on any atom is 0.220 e. The van der Waals surface area contributed by atoms with E-state index < -0.39 is 6.10 Å². The average Bonchev–Trinajstić information content (AvgIpc) is 2.88. The number of rotatable bonds is 8. The van der Waals surface area contributed by atoms with Gasteiger partial charge < -0.3 is 15.2 Å². The minimum absolute atomic E-state index is 0.0814. The number of carbonyl (C=O) groups excluding carboxylic acids is 1. The summed E-state index contributed by atoms with van der Waals surface area (Å²) >= 11 is 0. The van der Waals surface area contributed by atoms with Crippen LogP contribution in [0.15, 0.2) is 30.5 Å². The average molecular weight is 345 g/mol. The fraction of sp³-hybridized carbons (Fsp3) is 0.474. The number of aliphatic hydroxyl groups is 1. The molecule has 2 aromatic rings. The molecule has 25 heavy (non-hydrogen) atoms. The molecule has 6 nitrogen and oxygen atoms in total. The topological polar surface area (TPSA) is 76.4 Å². The van der Waals surface area contributed by atoms with E-state index in [2.05, 4.69) is 10.4 Å². The van der Waals surface area contributed by atoms with Gasteiger partial charge in [-0.05, 0) is 50.5 Å². The minimum atomic E-state index is -0.739. The molecule has 136 valence electrons. The summed E-state index contributed by atoms with van der Waals surface area (Å²) in [5.74, 6) is 0.684. The van der Waals surface area contributed by atoms with Crippen molar-refractivity contribution in [1.82, 2.24) is 15.1 Å². The number of nitrogens with zero attached hydrogens (tertiary/aromatic N) is 2.